The van der Waals surface area contributed by atoms with E-state index in [-0.39, 0.29) is 4.90 Å². The number of nitrogens with zero attached hydrogens (tertiary/aromatic N) is 1. The SMILES string of the molecule is C=CCOc1ccc(/C=C/C(=O)OCC(=O)Nc2ccc(S(=O)(=O)N3CCCCC3)cc2)cc1. The topological polar surface area (TPSA) is 102 Å². The summed E-state index contributed by atoms with van der Waals surface area (Å²) in [4.78, 5) is 24.2. The van der Waals surface area contributed by atoms with E-state index in [1.165, 1.54) is 34.6 Å². The van der Waals surface area contributed by atoms with Crippen molar-refractivity contribution in [2.24, 2.45) is 0 Å². The first-order valence-corrected chi connectivity index (χ1v) is 12.4. The maximum absolute atomic E-state index is 12.7. The number of benzene rings is 2. The summed E-state index contributed by atoms with van der Waals surface area (Å²) in [6.07, 6.45) is 7.20. The quantitative estimate of drug-likeness (QED) is 0.314. The molecule has 3 rings (SSSR count). The molecule has 0 spiro atoms. The predicted octanol–water partition coefficient (Wildman–Crippen LogP) is 3.62. The normalized spacial score (nSPS) is 14.5. The highest BCUT2D eigenvalue weighted by atomic mass is 32.2. The number of esters is 1. The van der Waals surface area contributed by atoms with Crippen LogP contribution < -0.4 is 10.1 Å². The van der Waals surface area contributed by atoms with Gasteiger partial charge in [-0.25, -0.2) is 13.2 Å². The van der Waals surface area contributed by atoms with Crippen molar-refractivity contribution in [3.8, 4) is 5.75 Å². The van der Waals surface area contributed by atoms with Crippen LogP contribution in [0.15, 0.2) is 72.2 Å². The summed E-state index contributed by atoms with van der Waals surface area (Å²) in [5.74, 6) is -0.504. The van der Waals surface area contributed by atoms with Gasteiger partial charge in [0.05, 0.1) is 4.90 Å². The number of rotatable bonds is 10. The molecule has 0 aliphatic carbocycles. The van der Waals surface area contributed by atoms with Crippen molar-refractivity contribution >= 4 is 33.7 Å². The molecule has 0 atom stereocenters. The lowest BCUT2D eigenvalue weighted by molar-refractivity contribution is -0.142. The van der Waals surface area contributed by atoms with Crippen LogP contribution in [0.1, 0.15) is 24.8 Å². The lowest BCUT2D eigenvalue weighted by Gasteiger charge is -2.25. The molecule has 0 saturated carbocycles. The second-order valence-electron chi connectivity index (χ2n) is 7.65. The van der Waals surface area contributed by atoms with E-state index in [0.29, 0.717) is 31.1 Å². The van der Waals surface area contributed by atoms with Gasteiger partial charge in [0, 0.05) is 24.9 Å². The van der Waals surface area contributed by atoms with E-state index in [1.54, 1.807) is 36.4 Å². The summed E-state index contributed by atoms with van der Waals surface area (Å²) in [7, 11) is -3.53. The fourth-order valence-corrected chi connectivity index (χ4v) is 4.86. The molecule has 0 bridgehead atoms. The standard InChI is InChI=1S/C25H28N2O6S/c1-2-18-32-22-11-6-20(7-12-22)8-15-25(29)33-19-24(28)26-21-9-13-23(14-10-21)34(30,31)27-16-4-3-5-17-27/h2,6-15H,1,3-5,16-19H2,(H,26,28)/b15-8+. The van der Waals surface area contributed by atoms with Gasteiger partial charge < -0.3 is 14.8 Å². The fourth-order valence-electron chi connectivity index (χ4n) is 3.34. The Morgan fingerprint density at radius 2 is 1.68 bits per heavy atom. The van der Waals surface area contributed by atoms with E-state index in [1.807, 2.05) is 0 Å². The summed E-state index contributed by atoms with van der Waals surface area (Å²) >= 11 is 0. The number of ether oxygens (including phenoxy) is 2. The van der Waals surface area contributed by atoms with Gasteiger partial charge in [-0.15, -0.1) is 0 Å². The zero-order chi connectivity index (χ0) is 24.4. The Balaban J connectivity index is 1.45. The van der Waals surface area contributed by atoms with Crippen LogP contribution >= 0.6 is 0 Å². The Morgan fingerprint density at radius 1 is 1.00 bits per heavy atom. The molecule has 9 heteroatoms. The number of nitrogens with one attached hydrogen (secondary N) is 1. The minimum atomic E-state index is -3.53. The number of hydrogen-bond acceptors (Lipinski definition) is 6. The highest BCUT2D eigenvalue weighted by Crippen LogP contribution is 2.22. The van der Waals surface area contributed by atoms with Gasteiger partial charge in [0.25, 0.3) is 5.91 Å². The average molecular weight is 485 g/mol. The first kappa shape index (κ1) is 25.2. The molecule has 1 aliphatic rings. The molecule has 1 heterocycles. The summed E-state index contributed by atoms with van der Waals surface area (Å²) in [6, 6.07) is 13.0. The van der Waals surface area contributed by atoms with E-state index in [0.717, 1.165) is 24.8 Å². The van der Waals surface area contributed by atoms with E-state index in [4.69, 9.17) is 9.47 Å². The summed E-state index contributed by atoms with van der Waals surface area (Å²) in [5.41, 5.74) is 1.18. The third-order valence-corrected chi connectivity index (χ3v) is 7.01. The molecular formula is C25H28N2O6S. The zero-order valence-electron chi connectivity index (χ0n) is 18.8. The molecule has 34 heavy (non-hydrogen) atoms. The van der Waals surface area contributed by atoms with Crippen molar-refractivity contribution in [2.45, 2.75) is 24.2 Å². The molecule has 1 fully saturated rings. The number of sulfonamides is 1. The summed E-state index contributed by atoms with van der Waals surface area (Å²) in [5, 5.41) is 2.58. The van der Waals surface area contributed by atoms with Crippen LogP contribution in [0.25, 0.3) is 6.08 Å². The van der Waals surface area contributed by atoms with E-state index >= 15 is 0 Å². The van der Waals surface area contributed by atoms with E-state index < -0.39 is 28.5 Å². The number of carbonyl (C=O) groups is 2. The first-order valence-electron chi connectivity index (χ1n) is 11.0. The number of piperidine rings is 1. The monoisotopic (exact) mass is 484 g/mol. The smallest absolute Gasteiger partial charge is 0.331 e. The first-order chi connectivity index (χ1) is 16.4. The molecular weight excluding hydrogens is 456 g/mol. The van der Waals surface area contributed by atoms with Gasteiger partial charge in [-0.2, -0.15) is 4.31 Å². The van der Waals surface area contributed by atoms with Gasteiger partial charge in [0.2, 0.25) is 10.0 Å². The minimum Gasteiger partial charge on any atom is -0.490 e. The maximum atomic E-state index is 12.7. The molecule has 0 radical (unpaired) electrons. The van der Waals surface area contributed by atoms with Gasteiger partial charge in [0.15, 0.2) is 6.61 Å². The Kier molecular flexibility index (Phi) is 9.00. The van der Waals surface area contributed by atoms with Crippen LogP contribution in [0.5, 0.6) is 5.75 Å². The second-order valence-corrected chi connectivity index (χ2v) is 9.58. The average Bonchev–Trinajstić information content (AvgIpc) is 2.86. The van der Waals surface area contributed by atoms with Crippen molar-refractivity contribution in [2.75, 3.05) is 31.6 Å². The van der Waals surface area contributed by atoms with E-state index in [9.17, 15) is 18.0 Å². The van der Waals surface area contributed by atoms with Crippen LogP contribution in [0.3, 0.4) is 0 Å². The van der Waals surface area contributed by atoms with Crippen LogP contribution in [-0.4, -0.2) is 50.9 Å². The van der Waals surface area contributed by atoms with Crippen molar-refractivity contribution < 1.29 is 27.5 Å². The highest BCUT2D eigenvalue weighted by molar-refractivity contribution is 7.89. The molecule has 0 aromatic heterocycles. The van der Waals surface area contributed by atoms with Gasteiger partial charge in [-0.05, 0) is 60.9 Å². The molecule has 1 amide bonds. The molecule has 1 saturated heterocycles. The highest BCUT2D eigenvalue weighted by Gasteiger charge is 2.25. The fraction of sp³-hybridized carbons (Fsp3) is 0.280. The number of anilines is 1. The Hall–Kier alpha value is -3.43. The Morgan fingerprint density at radius 3 is 2.32 bits per heavy atom. The lowest BCUT2D eigenvalue weighted by atomic mass is 10.2. The van der Waals surface area contributed by atoms with Crippen molar-refractivity contribution in [1.82, 2.24) is 4.31 Å². The second kappa shape index (κ2) is 12.2. The van der Waals surface area contributed by atoms with Gasteiger partial charge >= 0.3 is 5.97 Å². The number of amides is 1. The molecule has 8 nitrogen and oxygen atoms in total. The molecule has 1 N–H and O–H groups in total. The summed E-state index contributed by atoms with van der Waals surface area (Å²) in [6.45, 7) is 4.57. The minimum absolute atomic E-state index is 0.185. The Bertz CT molecular complexity index is 1120. The van der Waals surface area contributed by atoms with Gasteiger partial charge in [-0.3, -0.25) is 4.79 Å². The van der Waals surface area contributed by atoms with Crippen LogP contribution in [-0.2, 0) is 24.3 Å². The van der Waals surface area contributed by atoms with Crippen LogP contribution in [0.2, 0.25) is 0 Å². The molecule has 0 unspecified atom stereocenters. The van der Waals surface area contributed by atoms with Crippen LogP contribution in [0.4, 0.5) is 5.69 Å². The van der Waals surface area contributed by atoms with Crippen molar-refractivity contribution in [1.29, 1.82) is 0 Å². The third-order valence-electron chi connectivity index (χ3n) is 5.10. The van der Waals surface area contributed by atoms with Gasteiger partial charge in [-0.1, -0.05) is 31.2 Å². The van der Waals surface area contributed by atoms with Crippen molar-refractivity contribution in [3.63, 3.8) is 0 Å². The molecule has 180 valence electrons. The Labute approximate surface area is 199 Å². The zero-order valence-corrected chi connectivity index (χ0v) is 19.6. The van der Waals surface area contributed by atoms with E-state index in [2.05, 4.69) is 11.9 Å². The molecule has 2 aromatic rings. The van der Waals surface area contributed by atoms with Crippen molar-refractivity contribution in [3.05, 3.63) is 72.8 Å². The maximum Gasteiger partial charge on any atom is 0.331 e. The molecule has 1 aliphatic heterocycles. The summed E-state index contributed by atoms with van der Waals surface area (Å²) < 4.78 is 37.2. The number of hydrogen-bond donors (Lipinski definition) is 1. The van der Waals surface area contributed by atoms with Crippen LogP contribution in [0, 0.1) is 0 Å². The lowest BCUT2D eigenvalue weighted by Crippen LogP contribution is -2.35. The molecule has 2 aromatic carbocycles. The third kappa shape index (κ3) is 7.29. The largest absolute Gasteiger partial charge is 0.490 e. The number of carbonyl (C=O) groups excluding carboxylic acids is 2. The van der Waals surface area contributed by atoms with Gasteiger partial charge in [0.1, 0.15) is 12.4 Å². The predicted molar refractivity (Wildman–Crippen MR) is 130 cm³/mol.